The fourth-order valence-corrected chi connectivity index (χ4v) is 2.93. The van der Waals surface area contributed by atoms with Gasteiger partial charge >= 0.3 is 12.6 Å². The summed E-state index contributed by atoms with van der Waals surface area (Å²) in [7, 11) is 0. The molecule has 0 unspecified atom stereocenters. The van der Waals surface area contributed by atoms with Gasteiger partial charge in [-0.3, -0.25) is 4.79 Å². The van der Waals surface area contributed by atoms with Crippen molar-refractivity contribution in [1.29, 1.82) is 0 Å². The molecule has 3 N–H and O–H groups in total. The van der Waals surface area contributed by atoms with Gasteiger partial charge in [0.05, 0.1) is 6.04 Å². The van der Waals surface area contributed by atoms with E-state index in [4.69, 9.17) is 0 Å². The van der Waals surface area contributed by atoms with Crippen molar-refractivity contribution in [2.24, 2.45) is 5.92 Å². The molecular weight excluding hydrogens is 356 g/mol. The van der Waals surface area contributed by atoms with Gasteiger partial charge in [-0.25, -0.2) is 4.79 Å². The summed E-state index contributed by atoms with van der Waals surface area (Å²) in [5.41, 5.74) is 0.967. The van der Waals surface area contributed by atoms with Crippen molar-refractivity contribution in [3.05, 3.63) is 72.4 Å². The molecule has 6 nitrogen and oxygen atoms in total. The van der Waals surface area contributed by atoms with E-state index in [2.05, 4.69) is 27.3 Å². The summed E-state index contributed by atoms with van der Waals surface area (Å²) in [6.07, 6.45) is 0. The van der Waals surface area contributed by atoms with E-state index in [0.717, 1.165) is 0 Å². The van der Waals surface area contributed by atoms with Gasteiger partial charge in [0.25, 0.3) is 0 Å². The maximum atomic E-state index is 12.8. The maximum absolute atomic E-state index is 12.8. The molecule has 0 radical (unpaired) electrons. The SMILES string of the molecule is C=C1NC(=O)N[C@@H](c2ccccc2OC(F)F)[C@@H]1C(=O)Nc1ccccc1. The normalized spacial score (nSPS) is 19.2. The molecule has 0 aromatic heterocycles. The smallest absolute Gasteiger partial charge is 0.387 e. The van der Waals surface area contributed by atoms with Crippen LogP contribution in [0.2, 0.25) is 0 Å². The van der Waals surface area contributed by atoms with Gasteiger partial charge in [0.2, 0.25) is 5.91 Å². The van der Waals surface area contributed by atoms with Crippen LogP contribution in [0.5, 0.6) is 5.75 Å². The van der Waals surface area contributed by atoms with Crippen molar-refractivity contribution >= 4 is 17.6 Å². The van der Waals surface area contributed by atoms with Crippen molar-refractivity contribution in [2.75, 3.05) is 5.32 Å². The van der Waals surface area contributed by atoms with Crippen molar-refractivity contribution in [1.82, 2.24) is 10.6 Å². The molecule has 3 amide bonds. The highest BCUT2D eigenvalue weighted by molar-refractivity contribution is 5.97. The summed E-state index contributed by atoms with van der Waals surface area (Å²) in [5.74, 6) is -1.51. The molecule has 0 spiro atoms. The fraction of sp³-hybridized carbons (Fsp3) is 0.158. The molecule has 3 rings (SSSR count). The molecule has 140 valence electrons. The van der Waals surface area contributed by atoms with Gasteiger partial charge in [0.15, 0.2) is 0 Å². The van der Waals surface area contributed by atoms with Crippen LogP contribution < -0.4 is 20.7 Å². The first kappa shape index (κ1) is 18.4. The Morgan fingerprint density at radius 3 is 2.48 bits per heavy atom. The number of ether oxygens (including phenoxy) is 1. The van der Waals surface area contributed by atoms with E-state index in [0.29, 0.717) is 5.69 Å². The molecule has 0 aliphatic carbocycles. The van der Waals surface area contributed by atoms with Crippen LogP contribution in [0.3, 0.4) is 0 Å². The van der Waals surface area contributed by atoms with Crippen LogP contribution in [0.4, 0.5) is 19.3 Å². The molecule has 1 saturated heterocycles. The van der Waals surface area contributed by atoms with Crippen molar-refractivity contribution in [3.63, 3.8) is 0 Å². The van der Waals surface area contributed by atoms with Crippen LogP contribution in [0, 0.1) is 5.92 Å². The number of alkyl halides is 2. The molecule has 1 aliphatic rings. The Balaban J connectivity index is 1.94. The number of urea groups is 1. The van der Waals surface area contributed by atoms with E-state index in [1.54, 1.807) is 36.4 Å². The largest absolute Gasteiger partial charge is 0.434 e. The molecule has 8 heteroatoms. The number of para-hydroxylation sites is 2. The molecular formula is C19H17F2N3O3. The van der Waals surface area contributed by atoms with E-state index in [1.165, 1.54) is 18.2 Å². The van der Waals surface area contributed by atoms with Gasteiger partial charge in [-0.15, -0.1) is 0 Å². The average Bonchev–Trinajstić information content (AvgIpc) is 2.61. The summed E-state index contributed by atoms with van der Waals surface area (Å²) in [6.45, 7) is 0.715. The predicted octanol–water partition coefficient (Wildman–Crippen LogP) is 3.41. The Hall–Kier alpha value is -3.42. The van der Waals surface area contributed by atoms with Gasteiger partial charge in [0.1, 0.15) is 11.7 Å². The number of anilines is 1. The first-order chi connectivity index (χ1) is 13.0. The Kier molecular flexibility index (Phi) is 5.35. The Morgan fingerprint density at radius 2 is 1.78 bits per heavy atom. The first-order valence-electron chi connectivity index (χ1n) is 8.11. The summed E-state index contributed by atoms with van der Waals surface area (Å²) in [6, 6.07) is 13.2. The minimum Gasteiger partial charge on any atom is -0.434 e. The van der Waals surface area contributed by atoms with Crippen LogP contribution in [0.25, 0.3) is 0 Å². The van der Waals surface area contributed by atoms with E-state index < -0.39 is 30.5 Å². The number of benzene rings is 2. The highest BCUT2D eigenvalue weighted by Gasteiger charge is 2.39. The lowest BCUT2D eigenvalue weighted by molar-refractivity contribution is -0.119. The van der Waals surface area contributed by atoms with E-state index in [9.17, 15) is 18.4 Å². The van der Waals surface area contributed by atoms with Gasteiger partial charge in [-0.1, -0.05) is 43.0 Å². The Bertz CT molecular complexity index is 858. The summed E-state index contributed by atoms with van der Waals surface area (Å²) < 4.78 is 30.0. The predicted molar refractivity (Wildman–Crippen MR) is 95.2 cm³/mol. The zero-order valence-corrected chi connectivity index (χ0v) is 14.1. The van der Waals surface area contributed by atoms with E-state index >= 15 is 0 Å². The monoisotopic (exact) mass is 373 g/mol. The molecule has 27 heavy (non-hydrogen) atoms. The lowest BCUT2D eigenvalue weighted by Crippen LogP contribution is -2.51. The molecule has 2 atom stereocenters. The zero-order chi connectivity index (χ0) is 19.4. The lowest BCUT2D eigenvalue weighted by atomic mass is 9.87. The molecule has 0 bridgehead atoms. The summed E-state index contributed by atoms with van der Waals surface area (Å²) in [5, 5.41) is 7.80. The number of hydrogen-bond donors (Lipinski definition) is 3. The molecule has 1 aliphatic heterocycles. The average molecular weight is 373 g/mol. The number of rotatable bonds is 5. The molecule has 1 fully saturated rings. The third kappa shape index (κ3) is 4.22. The summed E-state index contributed by atoms with van der Waals surface area (Å²) >= 11 is 0. The van der Waals surface area contributed by atoms with Crippen molar-refractivity contribution in [3.8, 4) is 5.75 Å². The first-order valence-corrected chi connectivity index (χ1v) is 8.11. The number of halogens is 2. The molecule has 0 saturated carbocycles. The van der Waals surface area contributed by atoms with Gasteiger partial charge in [0, 0.05) is 16.9 Å². The number of nitrogens with one attached hydrogen (secondary N) is 3. The number of amides is 3. The third-order valence-corrected chi connectivity index (χ3v) is 4.06. The quantitative estimate of drug-likeness (QED) is 0.751. The second kappa shape index (κ2) is 7.86. The summed E-state index contributed by atoms with van der Waals surface area (Å²) in [4.78, 5) is 24.8. The molecule has 2 aromatic rings. The van der Waals surface area contributed by atoms with Crippen molar-refractivity contribution < 1.29 is 23.1 Å². The van der Waals surface area contributed by atoms with Gasteiger partial charge in [-0.05, 0) is 18.2 Å². The number of carbonyl (C=O) groups excluding carboxylic acids is 2. The van der Waals surface area contributed by atoms with Crippen LogP contribution in [-0.4, -0.2) is 18.5 Å². The topological polar surface area (TPSA) is 79.5 Å². The van der Waals surface area contributed by atoms with Crippen LogP contribution in [0.15, 0.2) is 66.9 Å². The Labute approximate surface area is 154 Å². The minimum atomic E-state index is -3.04. The number of hydrogen-bond acceptors (Lipinski definition) is 3. The highest BCUT2D eigenvalue weighted by atomic mass is 19.3. The van der Waals surface area contributed by atoms with Gasteiger partial charge < -0.3 is 20.7 Å². The van der Waals surface area contributed by atoms with Crippen LogP contribution in [-0.2, 0) is 4.79 Å². The van der Waals surface area contributed by atoms with Gasteiger partial charge in [-0.2, -0.15) is 8.78 Å². The van der Waals surface area contributed by atoms with Crippen LogP contribution >= 0.6 is 0 Å². The second-order valence-electron chi connectivity index (χ2n) is 5.85. The fourth-order valence-electron chi connectivity index (χ4n) is 2.93. The maximum Gasteiger partial charge on any atom is 0.387 e. The lowest BCUT2D eigenvalue weighted by Gasteiger charge is -2.34. The van der Waals surface area contributed by atoms with Crippen molar-refractivity contribution in [2.45, 2.75) is 12.7 Å². The molecule has 2 aromatic carbocycles. The van der Waals surface area contributed by atoms with E-state index in [1.807, 2.05) is 0 Å². The standard InChI is InChI=1S/C19H17F2N3O3/c1-11-15(17(25)23-12-7-3-2-4-8-12)16(24-19(26)22-11)13-9-5-6-10-14(13)27-18(20)21/h2-10,15-16,18H,1H2,(H,23,25)(H2,22,24,26)/t15-,16+/m1/s1. The second-order valence-corrected chi connectivity index (χ2v) is 5.85. The number of carbonyl (C=O) groups is 2. The third-order valence-electron chi connectivity index (χ3n) is 4.06. The van der Waals surface area contributed by atoms with Crippen LogP contribution in [0.1, 0.15) is 11.6 Å². The minimum absolute atomic E-state index is 0.120. The molecule has 1 heterocycles. The Morgan fingerprint density at radius 1 is 1.11 bits per heavy atom. The van der Waals surface area contributed by atoms with E-state index in [-0.39, 0.29) is 17.0 Å². The zero-order valence-electron chi connectivity index (χ0n) is 14.1. The highest BCUT2D eigenvalue weighted by Crippen LogP contribution is 2.36.